The molecule has 0 saturated heterocycles. The molecule has 0 amide bonds. The van der Waals surface area contributed by atoms with Crippen molar-refractivity contribution < 1.29 is 23.9 Å². The normalized spacial score (nSPS) is 12.9. The highest BCUT2D eigenvalue weighted by atomic mass is 16.7. The van der Waals surface area contributed by atoms with Crippen molar-refractivity contribution in [2.24, 2.45) is 5.73 Å². The molecule has 15 heavy (non-hydrogen) atoms. The van der Waals surface area contributed by atoms with Gasteiger partial charge in [-0.15, -0.1) is 0 Å². The molecule has 0 radical (unpaired) electrons. The number of hydrogen-bond acceptors (Lipinski definition) is 6. The van der Waals surface area contributed by atoms with E-state index in [1.165, 1.54) is 0 Å². The third kappa shape index (κ3) is 5.79. The number of carbonyl (C=O) groups excluding carboxylic acids is 3. The van der Waals surface area contributed by atoms with Crippen LogP contribution in [0.5, 0.6) is 0 Å². The molecule has 0 aromatic rings. The van der Waals surface area contributed by atoms with Crippen LogP contribution in [0, 0.1) is 0 Å². The molecule has 0 heterocycles. The first-order chi connectivity index (χ1) is 6.63. The van der Waals surface area contributed by atoms with E-state index in [9.17, 15) is 14.4 Å². The maximum atomic E-state index is 11.0. The van der Waals surface area contributed by atoms with Crippen LogP contribution >= 0.6 is 0 Å². The van der Waals surface area contributed by atoms with Crippen LogP contribution in [0.2, 0.25) is 0 Å². The summed E-state index contributed by atoms with van der Waals surface area (Å²) >= 11 is 0. The van der Waals surface area contributed by atoms with Crippen molar-refractivity contribution in [3.8, 4) is 0 Å². The largest absolute Gasteiger partial charge is 0.516 e. The van der Waals surface area contributed by atoms with Crippen LogP contribution in [0.3, 0.4) is 0 Å². The number of ketones is 1. The van der Waals surface area contributed by atoms with E-state index in [4.69, 9.17) is 5.73 Å². The SMILES string of the molecule is CC(=O)C(N)C(=O)OC(=O)OC(C)(C)C. The van der Waals surface area contributed by atoms with Gasteiger partial charge >= 0.3 is 12.1 Å². The minimum atomic E-state index is -1.45. The average molecular weight is 217 g/mol. The van der Waals surface area contributed by atoms with Gasteiger partial charge in [-0.3, -0.25) is 4.79 Å². The first-order valence-corrected chi connectivity index (χ1v) is 4.34. The first-order valence-electron chi connectivity index (χ1n) is 4.34. The minimum absolute atomic E-state index is 0.580. The Balaban J connectivity index is 4.20. The van der Waals surface area contributed by atoms with Gasteiger partial charge in [0.25, 0.3) is 0 Å². The van der Waals surface area contributed by atoms with Crippen LogP contribution < -0.4 is 5.73 Å². The highest BCUT2D eigenvalue weighted by Gasteiger charge is 2.26. The molecule has 0 spiro atoms. The smallest absolute Gasteiger partial charge is 0.428 e. The van der Waals surface area contributed by atoms with Gasteiger partial charge in [0, 0.05) is 0 Å². The fraction of sp³-hybridized carbons (Fsp3) is 0.667. The van der Waals surface area contributed by atoms with Gasteiger partial charge in [-0.05, 0) is 27.7 Å². The van der Waals surface area contributed by atoms with E-state index in [0.717, 1.165) is 6.92 Å². The van der Waals surface area contributed by atoms with Crippen LogP contribution in [-0.2, 0) is 19.1 Å². The quantitative estimate of drug-likeness (QED) is 0.530. The van der Waals surface area contributed by atoms with Gasteiger partial charge < -0.3 is 15.2 Å². The zero-order valence-electron chi connectivity index (χ0n) is 9.20. The fourth-order valence-electron chi connectivity index (χ4n) is 0.582. The summed E-state index contributed by atoms with van der Waals surface area (Å²) in [6.45, 7) is 5.97. The van der Waals surface area contributed by atoms with E-state index >= 15 is 0 Å². The zero-order chi connectivity index (χ0) is 12.2. The van der Waals surface area contributed by atoms with Gasteiger partial charge in [0.05, 0.1) is 0 Å². The Labute approximate surface area is 87.7 Å². The Morgan fingerprint density at radius 3 is 2.00 bits per heavy atom. The monoisotopic (exact) mass is 217 g/mol. The van der Waals surface area contributed by atoms with Crippen molar-refractivity contribution in [2.75, 3.05) is 0 Å². The third-order valence-corrected chi connectivity index (χ3v) is 1.27. The molecule has 86 valence electrons. The summed E-state index contributed by atoms with van der Waals surface area (Å²) in [5.74, 6) is -1.69. The van der Waals surface area contributed by atoms with Gasteiger partial charge in [-0.2, -0.15) is 0 Å². The highest BCUT2D eigenvalue weighted by molar-refractivity contribution is 6.04. The molecule has 6 heteroatoms. The molecule has 0 aromatic heterocycles. The number of nitrogens with two attached hydrogens (primary N) is 1. The van der Waals surface area contributed by atoms with Crippen molar-refractivity contribution in [1.82, 2.24) is 0 Å². The Hall–Kier alpha value is -1.43. The van der Waals surface area contributed by atoms with Crippen LogP contribution in [0.1, 0.15) is 27.7 Å². The third-order valence-electron chi connectivity index (χ3n) is 1.27. The Morgan fingerprint density at radius 1 is 1.20 bits per heavy atom. The number of Topliss-reactive ketones (excluding diaryl/α,β-unsaturated/α-hetero) is 1. The Kier molecular flexibility index (Phi) is 4.41. The van der Waals surface area contributed by atoms with Crippen LogP contribution in [0.15, 0.2) is 0 Å². The molecule has 0 aromatic carbocycles. The van der Waals surface area contributed by atoms with Crippen molar-refractivity contribution in [2.45, 2.75) is 39.3 Å². The molecular weight excluding hydrogens is 202 g/mol. The van der Waals surface area contributed by atoms with Crippen LogP contribution in [-0.4, -0.2) is 29.6 Å². The molecule has 0 bridgehead atoms. The lowest BCUT2D eigenvalue weighted by atomic mass is 10.2. The number of rotatable bonds is 2. The van der Waals surface area contributed by atoms with E-state index in [1.54, 1.807) is 20.8 Å². The molecule has 0 rings (SSSR count). The second-order valence-electron chi connectivity index (χ2n) is 3.97. The van der Waals surface area contributed by atoms with Crippen molar-refractivity contribution >= 4 is 17.9 Å². The van der Waals surface area contributed by atoms with Crippen molar-refractivity contribution in [3.05, 3.63) is 0 Å². The lowest BCUT2D eigenvalue weighted by Crippen LogP contribution is -2.40. The number of hydrogen-bond donors (Lipinski definition) is 1. The fourth-order valence-corrected chi connectivity index (χ4v) is 0.582. The molecule has 6 nitrogen and oxygen atoms in total. The molecule has 1 atom stereocenters. The summed E-state index contributed by atoms with van der Waals surface area (Å²) in [5, 5.41) is 0. The maximum absolute atomic E-state index is 11.0. The average Bonchev–Trinajstić information content (AvgIpc) is 1.98. The standard InChI is InChI=1S/C9H15NO5/c1-5(11)6(10)7(12)14-8(13)15-9(2,3)4/h6H,10H2,1-4H3. The van der Waals surface area contributed by atoms with Gasteiger partial charge in [0.2, 0.25) is 0 Å². The minimum Gasteiger partial charge on any atom is -0.428 e. The molecule has 0 aliphatic rings. The molecule has 0 aliphatic carbocycles. The highest BCUT2D eigenvalue weighted by Crippen LogP contribution is 2.08. The van der Waals surface area contributed by atoms with E-state index < -0.39 is 29.6 Å². The topological polar surface area (TPSA) is 95.7 Å². The van der Waals surface area contributed by atoms with Crippen LogP contribution in [0.4, 0.5) is 4.79 Å². The van der Waals surface area contributed by atoms with Gasteiger partial charge in [0.1, 0.15) is 5.60 Å². The summed E-state index contributed by atoms with van der Waals surface area (Å²) in [6, 6.07) is -1.45. The van der Waals surface area contributed by atoms with E-state index in [2.05, 4.69) is 9.47 Å². The summed E-state index contributed by atoms with van der Waals surface area (Å²) in [6.07, 6.45) is -1.16. The Morgan fingerprint density at radius 2 is 1.67 bits per heavy atom. The van der Waals surface area contributed by atoms with E-state index in [0.29, 0.717) is 0 Å². The number of carbonyl (C=O) groups is 3. The van der Waals surface area contributed by atoms with Crippen LogP contribution in [0.25, 0.3) is 0 Å². The molecule has 0 saturated carbocycles. The molecule has 1 unspecified atom stereocenters. The number of ether oxygens (including phenoxy) is 2. The summed E-state index contributed by atoms with van der Waals surface area (Å²) < 4.78 is 8.89. The Bertz CT molecular complexity index is 279. The predicted molar refractivity (Wildman–Crippen MR) is 51.0 cm³/mol. The van der Waals surface area contributed by atoms with Gasteiger partial charge in [-0.1, -0.05) is 0 Å². The number of esters is 1. The zero-order valence-corrected chi connectivity index (χ0v) is 9.20. The lowest BCUT2D eigenvalue weighted by Gasteiger charge is -2.18. The van der Waals surface area contributed by atoms with E-state index in [1.807, 2.05) is 0 Å². The summed E-state index contributed by atoms with van der Waals surface area (Å²) in [5.41, 5.74) is 4.37. The predicted octanol–water partition coefficient (Wildman–Crippen LogP) is 0.381. The molecule has 0 fully saturated rings. The van der Waals surface area contributed by atoms with Gasteiger partial charge in [0.15, 0.2) is 11.8 Å². The van der Waals surface area contributed by atoms with E-state index in [-0.39, 0.29) is 0 Å². The molecular formula is C9H15NO5. The lowest BCUT2D eigenvalue weighted by molar-refractivity contribution is -0.145. The summed E-state index contributed by atoms with van der Waals surface area (Å²) in [7, 11) is 0. The van der Waals surface area contributed by atoms with Gasteiger partial charge in [-0.25, -0.2) is 9.59 Å². The first kappa shape index (κ1) is 13.6. The van der Waals surface area contributed by atoms with Crippen molar-refractivity contribution in [1.29, 1.82) is 0 Å². The van der Waals surface area contributed by atoms with Crippen molar-refractivity contribution in [3.63, 3.8) is 0 Å². The second-order valence-corrected chi connectivity index (χ2v) is 3.97. The maximum Gasteiger partial charge on any atom is 0.516 e. The second kappa shape index (κ2) is 4.88. The summed E-state index contributed by atoms with van der Waals surface area (Å²) in [4.78, 5) is 32.6. The molecule has 0 aliphatic heterocycles. The molecule has 2 N–H and O–H groups in total.